The molecule has 3 aromatic rings. The van der Waals surface area contributed by atoms with Crippen LogP contribution in [0.5, 0.6) is 5.75 Å². The van der Waals surface area contributed by atoms with Crippen molar-refractivity contribution in [2.75, 3.05) is 6.86 Å². The molecule has 2 aromatic carbocycles. The zero-order valence-corrected chi connectivity index (χ0v) is 13.1. The Morgan fingerprint density at radius 1 is 1.04 bits per heavy atom. The molecule has 0 spiro atoms. The molecule has 122 valence electrons. The Labute approximate surface area is 141 Å². The summed E-state index contributed by atoms with van der Waals surface area (Å²) in [6.07, 6.45) is 1.59. The van der Waals surface area contributed by atoms with E-state index in [1.807, 2.05) is 0 Å². The number of pyridine rings is 1. The second-order valence-electron chi connectivity index (χ2n) is 5.00. The van der Waals surface area contributed by atoms with E-state index in [0.29, 0.717) is 22.6 Å². The maximum absolute atomic E-state index is 13.1. The van der Waals surface area contributed by atoms with Crippen LogP contribution in [-0.4, -0.2) is 11.4 Å². The number of nitrogens with zero attached hydrogens (tertiary/aromatic N) is 1. The second-order valence-corrected chi connectivity index (χ2v) is 5.40. The minimum absolute atomic E-state index is 0.278. The van der Waals surface area contributed by atoms with E-state index in [2.05, 4.69) is 0 Å². The van der Waals surface area contributed by atoms with Gasteiger partial charge in [-0.1, -0.05) is 23.7 Å². The van der Waals surface area contributed by atoms with Gasteiger partial charge in [-0.15, -0.1) is 0 Å². The lowest BCUT2D eigenvalue weighted by Crippen LogP contribution is -2.17. The van der Waals surface area contributed by atoms with Gasteiger partial charge in [0.25, 0.3) is 5.56 Å². The maximum atomic E-state index is 13.1. The van der Waals surface area contributed by atoms with Crippen LogP contribution in [0, 0.1) is 5.82 Å². The minimum atomic E-state index is -0.922. The van der Waals surface area contributed by atoms with Crippen molar-refractivity contribution in [1.82, 2.24) is 4.57 Å². The Balaban J connectivity index is 2.07. The predicted octanol–water partition coefficient (Wildman–Crippen LogP) is 4.60. The van der Waals surface area contributed by atoms with Crippen LogP contribution in [0.4, 0.5) is 8.78 Å². The largest absolute Gasteiger partial charge is 0.463 e. The van der Waals surface area contributed by atoms with Crippen LogP contribution in [0.25, 0.3) is 16.8 Å². The second kappa shape index (κ2) is 6.84. The Bertz CT molecular complexity index is 906. The third kappa shape index (κ3) is 3.31. The van der Waals surface area contributed by atoms with Gasteiger partial charge in [-0.25, -0.2) is 8.78 Å². The summed E-state index contributed by atoms with van der Waals surface area (Å²) in [7, 11) is 0. The summed E-state index contributed by atoms with van der Waals surface area (Å²) in [5.41, 5.74) is 1.55. The first-order valence-electron chi connectivity index (χ1n) is 7.06. The number of ether oxygens (including phenoxy) is 1. The van der Waals surface area contributed by atoms with Crippen molar-refractivity contribution in [3.8, 4) is 22.6 Å². The quantitative estimate of drug-likeness (QED) is 0.690. The SMILES string of the molecule is O=c1cc(Cl)c(-c2ccc(F)cc2)cn1-c1ccc(OCF)cc1. The number of rotatable bonds is 4. The summed E-state index contributed by atoms with van der Waals surface area (Å²) in [5, 5.41) is 0.278. The van der Waals surface area contributed by atoms with Crippen molar-refractivity contribution >= 4 is 11.6 Å². The average molecular weight is 348 g/mol. The third-order valence-corrected chi connectivity index (χ3v) is 3.81. The van der Waals surface area contributed by atoms with E-state index in [4.69, 9.17) is 16.3 Å². The van der Waals surface area contributed by atoms with Crippen LogP contribution in [0.15, 0.2) is 65.6 Å². The summed E-state index contributed by atoms with van der Waals surface area (Å²) < 4.78 is 31.4. The third-order valence-electron chi connectivity index (χ3n) is 3.49. The van der Waals surface area contributed by atoms with Crippen LogP contribution in [-0.2, 0) is 0 Å². The molecule has 0 saturated carbocycles. The maximum Gasteiger partial charge on any atom is 0.256 e. The van der Waals surface area contributed by atoms with Gasteiger partial charge in [-0.2, -0.15) is 0 Å². The fourth-order valence-corrected chi connectivity index (χ4v) is 2.57. The first kappa shape index (κ1) is 16.2. The van der Waals surface area contributed by atoms with Gasteiger partial charge in [0.15, 0.2) is 0 Å². The van der Waals surface area contributed by atoms with E-state index in [9.17, 15) is 13.6 Å². The lowest BCUT2D eigenvalue weighted by Gasteiger charge is -2.11. The van der Waals surface area contributed by atoms with Crippen molar-refractivity contribution in [3.63, 3.8) is 0 Å². The van der Waals surface area contributed by atoms with Crippen LogP contribution < -0.4 is 10.3 Å². The highest BCUT2D eigenvalue weighted by Gasteiger charge is 2.09. The van der Waals surface area contributed by atoms with Crippen molar-refractivity contribution in [2.24, 2.45) is 0 Å². The molecule has 0 N–H and O–H groups in total. The van der Waals surface area contributed by atoms with Crippen LogP contribution in [0.2, 0.25) is 5.02 Å². The van der Waals surface area contributed by atoms with Gasteiger partial charge in [0.05, 0.1) is 5.02 Å². The Kier molecular flexibility index (Phi) is 4.62. The van der Waals surface area contributed by atoms with E-state index in [-0.39, 0.29) is 16.4 Å². The Hall–Kier alpha value is -2.66. The number of hydrogen-bond acceptors (Lipinski definition) is 2. The molecule has 3 nitrogen and oxygen atoms in total. The van der Waals surface area contributed by atoms with Crippen molar-refractivity contribution in [2.45, 2.75) is 0 Å². The molecule has 24 heavy (non-hydrogen) atoms. The van der Waals surface area contributed by atoms with E-state index in [1.54, 1.807) is 42.6 Å². The molecule has 0 fully saturated rings. The Morgan fingerprint density at radius 3 is 2.33 bits per heavy atom. The van der Waals surface area contributed by atoms with Crippen LogP contribution in [0.3, 0.4) is 0 Å². The topological polar surface area (TPSA) is 31.2 Å². The molecule has 0 unspecified atom stereocenters. The van der Waals surface area contributed by atoms with E-state index in [0.717, 1.165) is 0 Å². The molecule has 6 heteroatoms. The monoisotopic (exact) mass is 347 g/mol. The molecular weight excluding hydrogens is 336 g/mol. The molecule has 0 aliphatic rings. The number of alkyl halides is 1. The summed E-state index contributed by atoms with van der Waals surface area (Å²) in [5.74, 6) is 0.00802. The standard InChI is InChI=1S/C18H12ClF2NO2/c19-17-9-18(23)22(14-5-7-15(8-6-14)24-11-20)10-16(17)12-1-3-13(21)4-2-12/h1-10H,11H2. The molecule has 0 amide bonds. The summed E-state index contributed by atoms with van der Waals surface area (Å²) in [6.45, 7) is -0.922. The van der Waals surface area contributed by atoms with Crippen LogP contribution in [0.1, 0.15) is 0 Å². The molecule has 3 rings (SSSR count). The van der Waals surface area contributed by atoms with E-state index >= 15 is 0 Å². The van der Waals surface area contributed by atoms with Crippen LogP contribution >= 0.6 is 11.6 Å². The average Bonchev–Trinajstić information content (AvgIpc) is 2.57. The minimum Gasteiger partial charge on any atom is -0.463 e. The molecule has 1 heterocycles. The van der Waals surface area contributed by atoms with Gasteiger partial charge < -0.3 is 4.74 Å². The molecule has 0 bridgehead atoms. The zero-order chi connectivity index (χ0) is 17.1. The van der Waals surface area contributed by atoms with E-state index < -0.39 is 6.86 Å². The van der Waals surface area contributed by atoms with Crippen molar-refractivity contribution in [3.05, 3.63) is 82.0 Å². The number of halogens is 3. The van der Waals surface area contributed by atoms with Gasteiger partial charge >= 0.3 is 0 Å². The number of hydrogen-bond donors (Lipinski definition) is 0. The zero-order valence-electron chi connectivity index (χ0n) is 12.4. The predicted molar refractivity (Wildman–Crippen MR) is 89.0 cm³/mol. The van der Waals surface area contributed by atoms with Gasteiger partial charge in [0.2, 0.25) is 6.86 Å². The number of aromatic nitrogens is 1. The van der Waals surface area contributed by atoms with Gasteiger partial charge in [0, 0.05) is 23.5 Å². The summed E-state index contributed by atoms with van der Waals surface area (Å²) in [6, 6.07) is 13.5. The van der Waals surface area contributed by atoms with Gasteiger partial charge in [0.1, 0.15) is 11.6 Å². The molecule has 0 radical (unpaired) electrons. The molecule has 0 aliphatic heterocycles. The first-order valence-corrected chi connectivity index (χ1v) is 7.43. The highest BCUT2D eigenvalue weighted by Crippen LogP contribution is 2.27. The molecule has 0 saturated heterocycles. The normalized spacial score (nSPS) is 10.6. The van der Waals surface area contributed by atoms with Gasteiger partial charge in [-0.05, 0) is 42.0 Å². The number of benzene rings is 2. The smallest absolute Gasteiger partial charge is 0.256 e. The molecule has 0 aliphatic carbocycles. The van der Waals surface area contributed by atoms with Crippen molar-refractivity contribution in [1.29, 1.82) is 0 Å². The lowest BCUT2D eigenvalue weighted by atomic mass is 10.1. The Morgan fingerprint density at radius 2 is 1.71 bits per heavy atom. The highest BCUT2D eigenvalue weighted by molar-refractivity contribution is 6.33. The summed E-state index contributed by atoms with van der Waals surface area (Å²) >= 11 is 6.16. The summed E-state index contributed by atoms with van der Waals surface area (Å²) in [4.78, 5) is 12.2. The molecular formula is C18H12ClF2NO2. The fraction of sp³-hybridized carbons (Fsp3) is 0.0556. The highest BCUT2D eigenvalue weighted by atomic mass is 35.5. The first-order chi connectivity index (χ1) is 11.6. The van der Waals surface area contributed by atoms with Crippen molar-refractivity contribution < 1.29 is 13.5 Å². The fourth-order valence-electron chi connectivity index (χ4n) is 2.32. The molecule has 1 aromatic heterocycles. The van der Waals surface area contributed by atoms with E-state index in [1.165, 1.54) is 22.8 Å². The lowest BCUT2D eigenvalue weighted by molar-refractivity contribution is 0.192. The van der Waals surface area contributed by atoms with Gasteiger partial charge in [-0.3, -0.25) is 9.36 Å². The molecule has 0 atom stereocenters.